The summed E-state index contributed by atoms with van der Waals surface area (Å²) in [6, 6.07) is 17.8. The first kappa shape index (κ1) is 17.2. The van der Waals surface area contributed by atoms with Gasteiger partial charge in [0, 0.05) is 26.1 Å². The molecule has 0 aliphatic carbocycles. The molecule has 0 radical (unpaired) electrons. The van der Waals surface area contributed by atoms with Crippen molar-refractivity contribution in [3.8, 4) is 0 Å². The molecule has 0 aliphatic rings. The number of aryl methyl sites for hydroxylation is 2. The summed E-state index contributed by atoms with van der Waals surface area (Å²) in [7, 11) is 0. The number of para-hydroxylation sites is 2. The first-order valence-electron chi connectivity index (χ1n) is 8.53. The molecule has 3 aromatic rings. The fourth-order valence-electron chi connectivity index (χ4n) is 3.06. The summed E-state index contributed by atoms with van der Waals surface area (Å²) in [5.74, 6) is 0.945. The van der Waals surface area contributed by atoms with E-state index >= 15 is 0 Å². The second-order valence-corrected chi connectivity index (χ2v) is 6.07. The molecule has 5 nitrogen and oxygen atoms in total. The quantitative estimate of drug-likeness (QED) is 0.721. The van der Waals surface area contributed by atoms with E-state index in [1.165, 1.54) is 0 Å². The Morgan fingerprint density at radius 3 is 2.60 bits per heavy atom. The van der Waals surface area contributed by atoms with Gasteiger partial charge in [-0.3, -0.25) is 4.79 Å². The van der Waals surface area contributed by atoms with Crippen LogP contribution in [0.3, 0.4) is 0 Å². The lowest BCUT2D eigenvalue weighted by Gasteiger charge is -2.22. The number of amides is 1. The van der Waals surface area contributed by atoms with Crippen LogP contribution in [0.25, 0.3) is 11.0 Å². The molecule has 0 spiro atoms. The molecule has 1 heterocycles. The lowest BCUT2D eigenvalue weighted by Crippen LogP contribution is -2.33. The van der Waals surface area contributed by atoms with Gasteiger partial charge in [-0.15, -0.1) is 0 Å². The van der Waals surface area contributed by atoms with Gasteiger partial charge in [-0.1, -0.05) is 42.5 Å². The number of aromatic nitrogens is 2. The van der Waals surface area contributed by atoms with Crippen LogP contribution >= 0.6 is 0 Å². The van der Waals surface area contributed by atoms with Gasteiger partial charge in [-0.25, -0.2) is 4.98 Å². The van der Waals surface area contributed by atoms with Crippen molar-refractivity contribution >= 4 is 16.9 Å². The van der Waals surface area contributed by atoms with E-state index in [0.29, 0.717) is 26.1 Å². The first-order valence-corrected chi connectivity index (χ1v) is 8.53. The second kappa shape index (κ2) is 7.94. The maximum atomic E-state index is 12.7. The maximum absolute atomic E-state index is 12.7. The van der Waals surface area contributed by atoms with Crippen LogP contribution in [-0.2, 0) is 17.9 Å². The highest BCUT2D eigenvalue weighted by Gasteiger charge is 2.15. The number of carbonyl (C=O) groups excluding carboxylic acids is 1. The zero-order valence-electron chi connectivity index (χ0n) is 14.4. The predicted molar refractivity (Wildman–Crippen MR) is 98.0 cm³/mol. The van der Waals surface area contributed by atoms with Gasteiger partial charge < -0.3 is 14.6 Å². The molecule has 0 unspecified atom stereocenters. The summed E-state index contributed by atoms with van der Waals surface area (Å²) in [5.41, 5.74) is 3.06. The molecule has 0 fully saturated rings. The van der Waals surface area contributed by atoms with Crippen LogP contribution in [0.5, 0.6) is 0 Å². The zero-order chi connectivity index (χ0) is 17.6. The van der Waals surface area contributed by atoms with Crippen LogP contribution in [0.2, 0.25) is 0 Å². The van der Waals surface area contributed by atoms with Crippen LogP contribution in [0, 0.1) is 6.92 Å². The normalized spacial score (nSPS) is 11.0. The smallest absolute Gasteiger partial charge is 0.224 e. The van der Waals surface area contributed by atoms with E-state index in [-0.39, 0.29) is 12.5 Å². The third-order valence-electron chi connectivity index (χ3n) is 4.33. The summed E-state index contributed by atoms with van der Waals surface area (Å²) < 4.78 is 2.08. The van der Waals surface area contributed by atoms with Gasteiger partial charge in [0.2, 0.25) is 5.91 Å². The SMILES string of the molecule is Cc1nc2ccccc2n1CCC(=O)N(CCO)Cc1ccccc1. The van der Waals surface area contributed by atoms with E-state index < -0.39 is 0 Å². The lowest BCUT2D eigenvalue weighted by molar-refractivity contribution is -0.132. The molecule has 3 rings (SSSR count). The number of hydrogen-bond acceptors (Lipinski definition) is 3. The minimum absolute atomic E-state index is 0.0361. The van der Waals surface area contributed by atoms with Crippen molar-refractivity contribution in [1.29, 1.82) is 0 Å². The molecule has 0 aliphatic heterocycles. The molecule has 0 bridgehead atoms. The fourth-order valence-corrected chi connectivity index (χ4v) is 3.06. The minimum Gasteiger partial charge on any atom is -0.395 e. The molecule has 1 N–H and O–H groups in total. The van der Waals surface area contributed by atoms with Crippen LogP contribution in [0.1, 0.15) is 17.8 Å². The van der Waals surface area contributed by atoms with Gasteiger partial charge >= 0.3 is 0 Å². The zero-order valence-corrected chi connectivity index (χ0v) is 14.4. The molecule has 25 heavy (non-hydrogen) atoms. The standard InChI is InChI=1S/C20H23N3O2/c1-16-21-18-9-5-6-10-19(18)23(16)12-11-20(25)22(13-14-24)15-17-7-3-2-4-8-17/h2-10,24H,11-15H2,1H3. The number of nitrogens with zero attached hydrogens (tertiary/aromatic N) is 3. The average molecular weight is 337 g/mol. The van der Waals surface area contributed by atoms with E-state index in [0.717, 1.165) is 22.4 Å². The molecule has 1 amide bonds. The van der Waals surface area contributed by atoms with Gasteiger partial charge in [-0.2, -0.15) is 0 Å². The minimum atomic E-state index is -0.0361. The number of hydrogen-bond donors (Lipinski definition) is 1. The Hall–Kier alpha value is -2.66. The van der Waals surface area contributed by atoms with E-state index in [1.54, 1.807) is 4.90 Å². The Morgan fingerprint density at radius 1 is 1.12 bits per heavy atom. The van der Waals surface area contributed by atoms with Crippen molar-refractivity contribution in [3.05, 3.63) is 66.0 Å². The lowest BCUT2D eigenvalue weighted by atomic mass is 10.2. The fraction of sp³-hybridized carbons (Fsp3) is 0.300. The molecule has 5 heteroatoms. The summed E-state index contributed by atoms with van der Waals surface area (Å²) in [5, 5.41) is 9.29. The van der Waals surface area contributed by atoms with Crippen molar-refractivity contribution in [3.63, 3.8) is 0 Å². The van der Waals surface area contributed by atoms with E-state index in [2.05, 4.69) is 9.55 Å². The van der Waals surface area contributed by atoms with E-state index in [4.69, 9.17) is 0 Å². The third-order valence-corrected chi connectivity index (χ3v) is 4.33. The third kappa shape index (κ3) is 4.06. The maximum Gasteiger partial charge on any atom is 0.224 e. The monoisotopic (exact) mass is 337 g/mol. The van der Waals surface area contributed by atoms with Crippen molar-refractivity contribution in [2.24, 2.45) is 0 Å². The van der Waals surface area contributed by atoms with E-state index in [9.17, 15) is 9.90 Å². The second-order valence-electron chi connectivity index (χ2n) is 6.07. The van der Waals surface area contributed by atoms with Gasteiger partial charge in [0.15, 0.2) is 0 Å². The summed E-state index contributed by atoms with van der Waals surface area (Å²) in [6.07, 6.45) is 0.383. The molecule has 0 saturated carbocycles. The highest BCUT2D eigenvalue weighted by Crippen LogP contribution is 2.16. The first-order chi connectivity index (χ1) is 12.2. The van der Waals surface area contributed by atoms with Crippen LogP contribution < -0.4 is 0 Å². The number of rotatable bonds is 7. The largest absolute Gasteiger partial charge is 0.395 e. The van der Waals surface area contributed by atoms with Gasteiger partial charge in [0.05, 0.1) is 17.6 Å². The number of benzene rings is 2. The van der Waals surface area contributed by atoms with Crippen LogP contribution in [0.4, 0.5) is 0 Å². The average Bonchev–Trinajstić information content (AvgIpc) is 2.95. The molecule has 0 saturated heterocycles. The van der Waals surface area contributed by atoms with E-state index in [1.807, 2.05) is 61.5 Å². The predicted octanol–water partition coefficient (Wildman–Crippen LogP) is 2.76. The Balaban J connectivity index is 1.69. The molecular formula is C20H23N3O2. The number of imidazole rings is 1. The van der Waals surface area contributed by atoms with Gasteiger partial charge in [0.25, 0.3) is 0 Å². The highest BCUT2D eigenvalue weighted by atomic mass is 16.3. The van der Waals surface area contributed by atoms with Gasteiger partial charge in [0.1, 0.15) is 5.82 Å². The molecular weight excluding hydrogens is 314 g/mol. The molecule has 130 valence electrons. The number of carbonyl (C=O) groups is 1. The Bertz CT molecular complexity index is 843. The number of aliphatic hydroxyl groups is 1. The summed E-state index contributed by atoms with van der Waals surface area (Å²) in [6.45, 7) is 3.37. The van der Waals surface area contributed by atoms with Crippen molar-refractivity contribution in [2.45, 2.75) is 26.4 Å². The Kier molecular flexibility index (Phi) is 5.46. The highest BCUT2D eigenvalue weighted by molar-refractivity contribution is 5.78. The summed E-state index contributed by atoms with van der Waals surface area (Å²) >= 11 is 0. The Labute approximate surface area is 147 Å². The summed E-state index contributed by atoms with van der Waals surface area (Å²) in [4.78, 5) is 18.9. The van der Waals surface area contributed by atoms with Gasteiger partial charge in [-0.05, 0) is 24.6 Å². The number of aliphatic hydroxyl groups excluding tert-OH is 1. The Morgan fingerprint density at radius 2 is 1.84 bits per heavy atom. The van der Waals surface area contributed by atoms with Crippen LogP contribution in [-0.4, -0.2) is 38.6 Å². The van der Waals surface area contributed by atoms with Crippen molar-refractivity contribution in [2.75, 3.05) is 13.2 Å². The van der Waals surface area contributed by atoms with Crippen molar-refractivity contribution in [1.82, 2.24) is 14.5 Å². The molecule has 2 aromatic carbocycles. The molecule has 1 aromatic heterocycles. The van der Waals surface area contributed by atoms with Crippen LogP contribution in [0.15, 0.2) is 54.6 Å². The number of fused-ring (bicyclic) bond motifs is 1. The van der Waals surface area contributed by atoms with Crippen molar-refractivity contribution < 1.29 is 9.90 Å². The molecule has 0 atom stereocenters. The topological polar surface area (TPSA) is 58.4 Å².